The van der Waals surface area contributed by atoms with Crippen molar-refractivity contribution in [1.82, 2.24) is 19.1 Å². The molecule has 0 radical (unpaired) electrons. The minimum Gasteiger partial charge on any atom is -0.298 e. The van der Waals surface area contributed by atoms with E-state index in [4.69, 9.17) is 0 Å². The summed E-state index contributed by atoms with van der Waals surface area (Å²) in [5.41, 5.74) is 4.46. The standard InChI is InChI=1S/C22H19BrN6O2/c1-28-19-18(20(30)26-22(28)31)29(14-16-10-6-3-7-11-16)21(25-19)27-24-13-17(23)12-15-8-4-2-5-9-15/h2-13H,14H2,1H3,(H,25,27)(H,26,30,31)/b17-12-,24-13-. The fourth-order valence-electron chi connectivity index (χ4n) is 3.14. The molecule has 2 aromatic heterocycles. The van der Waals surface area contributed by atoms with E-state index in [1.165, 1.54) is 4.57 Å². The smallest absolute Gasteiger partial charge is 0.298 e. The normalized spacial score (nSPS) is 12.0. The number of nitrogens with one attached hydrogen (secondary N) is 2. The van der Waals surface area contributed by atoms with Gasteiger partial charge >= 0.3 is 5.69 Å². The van der Waals surface area contributed by atoms with Crippen LogP contribution in [0.4, 0.5) is 5.95 Å². The Morgan fingerprint density at radius 1 is 1.13 bits per heavy atom. The summed E-state index contributed by atoms with van der Waals surface area (Å²) in [4.78, 5) is 31.3. The van der Waals surface area contributed by atoms with Gasteiger partial charge in [-0.2, -0.15) is 10.1 Å². The molecular formula is C22H19BrN6O2. The van der Waals surface area contributed by atoms with E-state index in [2.05, 4.69) is 36.4 Å². The first-order valence-electron chi connectivity index (χ1n) is 9.48. The quantitative estimate of drug-likeness (QED) is 0.328. The van der Waals surface area contributed by atoms with Crippen LogP contribution >= 0.6 is 15.9 Å². The Labute approximate surface area is 185 Å². The molecule has 4 rings (SSSR count). The minimum absolute atomic E-state index is 0.279. The van der Waals surface area contributed by atoms with E-state index in [1.54, 1.807) is 17.8 Å². The molecule has 0 aliphatic heterocycles. The average molecular weight is 479 g/mol. The molecule has 0 fully saturated rings. The van der Waals surface area contributed by atoms with Gasteiger partial charge in [-0.3, -0.25) is 18.9 Å². The summed E-state index contributed by atoms with van der Waals surface area (Å²) in [6.07, 6.45) is 3.52. The molecule has 0 aliphatic rings. The van der Waals surface area contributed by atoms with Crippen molar-refractivity contribution in [1.29, 1.82) is 0 Å². The van der Waals surface area contributed by atoms with Gasteiger partial charge in [-0.25, -0.2) is 10.2 Å². The molecule has 0 amide bonds. The summed E-state index contributed by atoms with van der Waals surface area (Å²) in [6, 6.07) is 19.5. The predicted molar refractivity (Wildman–Crippen MR) is 127 cm³/mol. The number of rotatable bonds is 6. The Bertz CT molecular complexity index is 1380. The van der Waals surface area contributed by atoms with Crippen LogP contribution in [0.25, 0.3) is 17.2 Å². The van der Waals surface area contributed by atoms with Gasteiger partial charge in [0, 0.05) is 11.5 Å². The van der Waals surface area contributed by atoms with Crippen LogP contribution in [0.5, 0.6) is 0 Å². The van der Waals surface area contributed by atoms with Gasteiger partial charge in [-0.05, 0) is 33.1 Å². The molecule has 31 heavy (non-hydrogen) atoms. The first kappa shape index (κ1) is 20.5. The number of H-pyrrole nitrogens is 1. The highest BCUT2D eigenvalue weighted by molar-refractivity contribution is 9.12. The van der Waals surface area contributed by atoms with Gasteiger partial charge in [-0.15, -0.1) is 0 Å². The van der Waals surface area contributed by atoms with Gasteiger partial charge in [0.2, 0.25) is 5.95 Å². The average Bonchev–Trinajstić information content (AvgIpc) is 3.12. The lowest BCUT2D eigenvalue weighted by molar-refractivity contribution is 0.808. The third-order valence-electron chi connectivity index (χ3n) is 4.65. The molecule has 2 heterocycles. The molecule has 9 heteroatoms. The topological polar surface area (TPSA) is 97.1 Å². The van der Waals surface area contributed by atoms with Crippen molar-refractivity contribution in [2.75, 3.05) is 5.43 Å². The Hall–Kier alpha value is -3.72. The molecular weight excluding hydrogens is 460 g/mol. The van der Waals surface area contributed by atoms with E-state index in [0.717, 1.165) is 15.6 Å². The lowest BCUT2D eigenvalue weighted by Crippen LogP contribution is -2.29. The fourth-order valence-corrected chi connectivity index (χ4v) is 3.50. The molecule has 2 aromatic carbocycles. The van der Waals surface area contributed by atoms with Crippen LogP contribution < -0.4 is 16.7 Å². The number of hydrogen-bond donors (Lipinski definition) is 2. The first-order valence-corrected chi connectivity index (χ1v) is 10.3. The number of halogens is 1. The lowest BCUT2D eigenvalue weighted by atomic mass is 10.2. The summed E-state index contributed by atoms with van der Waals surface area (Å²) in [6.45, 7) is 0.386. The molecule has 0 unspecified atom stereocenters. The number of fused-ring (bicyclic) bond motifs is 1. The second-order valence-electron chi connectivity index (χ2n) is 6.81. The Morgan fingerprint density at radius 2 is 1.81 bits per heavy atom. The highest BCUT2D eigenvalue weighted by atomic mass is 79.9. The molecule has 0 spiro atoms. The number of aromatic nitrogens is 4. The summed E-state index contributed by atoms with van der Waals surface area (Å²) >= 11 is 3.47. The summed E-state index contributed by atoms with van der Waals surface area (Å²) in [5.74, 6) is 0.349. The van der Waals surface area contributed by atoms with Crippen LogP contribution in [0.2, 0.25) is 0 Å². The number of nitrogens with zero attached hydrogens (tertiary/aromatic N) is 4. The third kappa shape index (κ3) is 4.56. The van der Waals surface area contributed by atoms with Crippen molar-refractivity contribution < 1.29 is 0 Å². The molecule has 156 valence electrons. The van der Waals surface area contributed by atoms with Crippen LogP contribution in [-0.4, -0.2) is 25.3 Å². The van der Waals surface area contributed by atoms with Crippen LogP contribution in [0.15, 0.2) is 79.8 Å². The first-order chi connectivity index (χ1) is 15.0. The molecule has 0 bridgehead atoms. The molecule has 0 atom stereocenters. The monoisotopic (exact) mass is 478 g/mol. The SMILES string of the molecule is Cn1c(=O)[nH]c(=O)c2c1nc(N/N=C\C(Br)=C\c1ccccc1)n2Cc1ccccc1. The van der Waals surface area contributed by atoms with Crippen molar-refractivity contribution in [3.63, 3.8) is 0 Å². The number of imidazole rings is 1. The second-order valence-corrected chi connectivity index (χ2v) is 7.72. The Balaban J connectivity index is 1.71. The maximum Gasteiger partial charge on any atom is 0.329 e. The van der Waals surface area contributed by atoms with E-state index in [9.17, 15) is 9.59 Å². The van der Waals surface area contributed by atoms with Crippen LogP contribution in [0.1, 0.15) is 11.1 Å². The molecule has 8 nitrogen and oxygen atoms in total. The number of anilines is 1. The van der Waals surface area contributed by atoms with Gasteiger partial charge < -0.3 is 0 Å². The largest absolute Gasteiger partial charge is 0.329 e. The van der Waals surface area contributed by atoms with Gasteiger partial charge in [-0.1, -0.05) is 60.7 Å². The zero-order valence-corrected chi connectivity index (χ0v) is 18.2. The molecule has 2 N–H and O–H groups in total. The van der Waals surface area contributed by atoms with E-state index >= 15 is 0 Å². The van der Waals surface area contributed by atoms with Crippen molar-refractivity contribution in [2.45, 2.75) is 6.54 Å². The molecule has 0 saturated heterocycles. The third-order valence-corrected chi connectivity index (χ3v) is 5.08. The van der Waals surface area contributed by atoms with E-state index < -0.39 is 11.2 Å². The number of allylic oxidation sites excluding steroid dienone is 1. The van der Waals surface area contributed by atoms with Crippen molar-refractivity contribution in [2.24, 2.45) is 12.1 Å². The van der Waals surface area contributed by atoms with Crippen LogP contribution in [-0.2, 0) is 13.6 Å². The molecule has 0 saturated carbocycles. The molecule has 0 aliphatic carbocycles. The van der Waals surface area contributed by atoms with Crippen LogP contribution in [0.3, 0.4) is 0 Å². The van der Waals surface area contributed by atoms with Gasteiger partial charge in [0.15, 0.2) is 11.2 Å². The van der Waals surface area contributed by atoms with Crippen molar-refractivity contribution in [3.05, 3.63) is 97.1 Å². The number of benzene rings is 2. The van der Waals surface area contributed by atoms with Crippen LogP contribution in [0, 0.1) is 0 Å². The van der Waals surface area contributed by atoms with Gasteiger partial charge in [0.25, 0.3) is 5.56 Å². The maximum atomic E-state index is 12.5. The minimum atomic E-state index is -0.523. The number of hydrazone groups is 1. The lowest BCUT2D eigenvalue weighted by Gasteiger charge is -2.08. The zero-order chi connectivity index (χ0) is 21.8. The summed E-state index contributed by atoms with van der Waals surface area (Å²) in [7, 11) is 1.56. The molecule has 4 aromatic rings. The summed E-state index contributed by atoms with van der Waals surface area (Å²) < 4.78 is 3.76. The van der Waals surface area contributed by atoms with Gasteiger partial charge in [0.1, 0.15) is 0 Å². The number of aromatic amines is 1. The van der Waals surface area contributed by atoms with E-state index in [0.29, 0.717) is 18.0 Å². The Kier molecular flexibility index (Phi) is 5.94. The zero-order valence-electron chi connectivity index (χ0n) is 16.6. The van der Waals surface area contributed by atoms with E-state index in [1.807, 2.05) is 66.7 Å². The second kappa shape index (κ2) is 8.97. The highest BCUT2D eigenvalue weighted by Gasteiger charge is 2.17. The summed E-state index contributed by atoms with van der Waals surface area (Å²) in [5, 5.41) is 4.24. The van der Waals surface area contributed by atoms with E-state index in [-0.39, 0.29) is 5.65 Å². The number of aryl methyl sites for hydroxylation is 1. The van der Waals surface area contributed by atoms with Crippen molar-refractivity contribution in [3.8, 4) is 0 Å². The predicted octanol–water partition coefficient (Wildman–Crippen LogP) is 3.31. The number of hydrogen-bond acceptors (Lipinski definition) is 5. The Morgan fingerprint density at radius 3 is 2.52 bits per heavy atom. The highest BCUT2D eigenvalue weighted by Crippen LogP contribution is 2.18. The fraction of sp³-hybridized carbons (Fsp3) is 0.0909. The maximum absolute atomic E-state index is 12.5. The van der Waals surface area contributed by atoms with Crippen molar-refractivity contribution >= 4 is 45.3 Å². The van der Waals surface area contributed by atoms with Gasteiger partial charge in [0.05, 0.1) is 12.8 Å².